The summed E-state index contributed by atoms with van der Waals surface area (Å²) in [6.07, 6.45) is 7.24. The van der Waals surface area contributed by atoms with Crippen molar-refractivity contribution >= 4 is 17.1 Å². The number of hydrogen-bond donors (Lipinski definition) is 0. The van der Waals surface area contributed by atoms with Gasteiger partial charge in [-0.2, -0.15) is 0 Å². The SMILES string of the molecule is Clc1ccn2c(-c3ccncc3)ncc2c1. The number of imidazole rings is 1. The summed E-state index contributed by atoms with van der Waals surface area (Å²) in [6, 6.07) is 7.60. The summed E-state index contributed by atoms with van der Waals surface area (Å²) in [5, 5.41) is 0.716. The topological polar surface area (TPSA) is 30.2 Å². The van der Waals surface area contributed by atoms with Crippen molar-refractivity contribution in [3.8, 4) is 11.4 Å². The quantitative estimate of drug-likeness (QED) is 0.642. The van der Waals surface area contributed by atoms with Gasteiger partial charge in [0.05, 0.1) is 11.7 Å². The molecule has 0 aliphatic rings. The second-order valence-corrected chi connectivity index (χ2v) is 3.89. The molecule has 0 bridgehead atoms. The third-order valence-corrected chi connectivity index (χ3v) is 2.67. The van der Waals surface area contributed by atoms with Crippen LogP contribution < -0.4 is 0 Å². The lowest BCUT2D eigenvalue weighted by Crippen LogP contribution is -1.88. The van der Waals surface area contributed by atoms with Gasteiger partial charge in [-0.3, -0.25) is 9.38 Å². The lowest BCUT2D eigenvalue weighted by atomic mass is 10.2. The van der Waals surface area contributed by atoms with Crippen LogP contribution in [-0.2, 0) is 0 Å². The molecule has 0 N–H and O–H groups in total. The molecule has 3 nitrogen and oxygen atoms in total. The first-order valence-corrected chi connectivity index (χ1v) is 5.25. The van der Waals surface area contributed by atoms with Crippen LogP contribution in [0.2, 0.25) is 5.02 Å². The van der Waals surface area contributed by atoms with Gasteiger partial charge < -0.3 is 0 Å². The fraction of sp³-hybridized carbons (Fsp3) is 0. The molecular weight excluding hydrogens is 222 g/mol. The van der Waals surface area contributed by atoms with E-state index in [1.165, 1.54) is 0 Å². The molecule has 0 atom stereocenters. The summed E-state index contributed by atoms with van der Waals surface area (Å²) in [5.41, 5.74) is 2.02. The van der Waals surface area contributed by atoms with E-state index < -0.39 is 0 Å². The van der Waals surface area contributed by atoms with Crippen LogP contribution in [0.1, 0.15) is 0 Å². The summed E-state index contributed by atoms with van der Waals surface area (Å²) >= 11 is 5.92. The maximum absolute atomic E-state index is 5.92. The van der Waals surface area contributed by atoms with Crippen molar-refractivity contribution in [1.82, 2.24) is 14.4 Å². The molecule has 0 amide bonds. The molecule has 0 aliphatic carbocycles. The zero-order chi connectivity index (χ0) is 11.0. The predicted molar refractivity (Wildman–Crippen MR) is 63.4 cm³/mol. The smallest absolute Gasteiger partial charge is 0.144 e. The van der Waals surface area contributed by atoms with E-state index in [1.54, 1.807) is 12.4 Å². The second-order valence-electron chi connectivity index (χ2n) is 3.46. The number of halogens is 1. The number of aromatic nitrogens is 3. The Balaban J connectivity index is 2.26. The Morgan fingerprint density at radius 1 is 1.12 bits per heavy atom. The van der Waals surface area contributed by atoms with Gasteiger partial charge in [0.25, 0.3) is 0 Å². The highest BCUT2D eigenvalue weighted by atomic mass is 35.5. The molecule has 3 rings (SSSR count). The van der Waals surface area contributed by atoms with Crippen LogP contribution in [0, 0.1) is 0 Å². The molecule has 4 heteroatoms. The van der Waals surface area contributed by atoms with Crippen molar-refractivity contribution in [1.29, 1.82) is 0 Å². The molecule has 0 saturated carbocycles. The van der Waals surface area contributed by atoms with Gasteiger partial charge in [0.15, 0.2) is 0 Å². The van der Waals surface area contributed by atoms with E-state index in [-0.39, 0.29) is 0 Å². The summed E-state index contributed by atoms with van der Waals surface area (Å²) in [6.45, 7) is 0. The first-order valence-electron chi connectivity index (χ1n) is 4.87. The van der Waals surface area contributed by atoms with E-state index in [2.05, 4.69) is 9.97 Å². The highest BCUT2D eigenvalue weighted by Gasteiger charge is 2.05. The Hall–Kier alpha value is -1.87. The Kier molecular flexibility index (Phi) is 2.11. The van der Waals surface area contributed by atoms with Gasteiger partial charge in [0, 0.05) is 29.2 Å². The fourth-order valence-corrected chi connectivity index (χ4v) is 1.86. The van der Waals surface area contributed by atoms with E-state index >= 15 is 0 Å². The lowest BCUT2D eigenvalue weighted by molar-refractivity contribution is 1.16. The Morgan fingerprint density at radius 2 is 1.94 bits per heavy atom. The van der Waals surface area contributed by atoms with Crippen LogP contribution >= 0.6 is 11.6 Å². The summed E-state index contributed by atoms with van der Waals surface area (Å²) in [4.78, 5) is 8.37. The van der Waals surface area contributed by atoms with Crippen molar-refractivity contribution in [3.05, 3.63) is 54.1 Å². The second kappa shape index (κ2) is 3.61. The van der Waals surface area contributed by atoms with Crippen LogP contribution in [0.5, 0.6) is 0 Å². The Bertz CT molecular complexity index is 631. The van der Waals surface area contributed by atoms with Crippen molar-refractivity contribution in [2.75, 3.05) is 0 Å². The van der Waals surface area contributed by atoms with E-state index in [4.69, 9.17) is 11.6 Å². The maximum atomic E-state index is 5.92. The number of hydrogen-bond acceptors (Lipinski definition) is 2. The van der Waals surface area contributed by atoms with E-state index in [1.807, 2.05) is 41.1 Å². The molecule has 0 aromatic carbocycles. The first-order chi connectivity index (χ1) is 7.84. The standard InChI is InChI=1S/C12H8ClN3/c13-10-3-6-16-11(7-10)8-15-12(16)9-1-4-14-5-2-9/h1-8H. The normalized spacial score (nSPS) is 10.8. The minimum Gasteiger partial charge on any atom is -0.300 e. The zero-order valence-electron chi connectivity index (χ0n) is 8.34. The number of pyridine rings is 2. The molecule has 0 saturated heterocycles. The molecule has 0 spiro atoms. The molecule has 0 aliphatic heterocycles. The van der Waals surface area contributed by atoms with Gasteiger partial charge in [-0.05, 0) is 24.3 Å². The van der Waals surface area contributed by atoms with Gasteiger partial charge in [-0.15, -0.1) is 0 Å². The van der Waals surface area contributed by atoms with Crippen molar-refractivity contribution in [3.63, 3.8) is 0 Å². The molecule has 78 valence electrons. The van der Waals surface area contributed by atoms with E-state index in [0.29, 0.717) is 5.02 Å². The number of rotatable bonds is 1. The molecular formula is C12H8ClN3. The third kappa shape index (κ3) is 1.46. The summed E-state index contributed by atoms with van der Waals surface area (Å²) < 4.78 is 2.00. The molecule has 3 heterocycles. The van der Waals surface area contributed by atoms with Crippen LogP contribution in [0.25, 0.3) is 16.9 Å². The summed E-state index contributed by atoms with van der Waals surface area (Å²) in [5.74, 6) is 0.897. The predicted octanol–water partition coefficient (Wildman–Crippen LogP) is 3.05. The van der Waals surface area contributed by atoms with Crippen LogP contribution in [0.15, 0.2) is 49.1 Å². The van der Waals surface area contributed by atoms with E-state index in [0.717, 1.165) is 16.9 Å². The van der Waals surface area contributed by atoms with Gasteiger partial charge in [-0.1, -0.05) is 11.6 Å². The summed E-state index contributed by atoms with van der Waals surface area (Å²) in [7, 11) is 0. The molecule has 3 aromatic heterocycles. The van der Waals surface area contributed by atoms with Crippen LogP contribution in [0.4, 0.5) is 0 Å². The van der Waals surface area contributed by atoms with Crippen molar-refractivity contribution in [2.24, 2.45) is 0 Å². The molecule has 0 radical (unpaired) electrons. The average molecular weight is 230 g/mol. The third-order valence-electron chi connectivity index (χ3n) is 2.43. The molecule has 0 unspecified atom stereocenters. The van der Waals surface area contributed by atoms with Crippen molar-refractivity contribution < 1.29 is 0 Å². The maximum Gasteiger partial charge on any atom is 0.144 e. The van der Waals surface area contributed by atoms with Crippen LogP contribution in [-0.4, -0.2) is 14.4 Å². The van der Waals surface area contributed by atoms with Crippen molar-refractivity contribution in [2.45, 2.75) is 0 Å². The van der Waals surface area contributed by atoms with E-state index in [9.17, 15) is 0 Å². The van der Waals surface area contributed by atoms with Gasteiger partial charge in [0.1, 0.15) is 5.82 Å². The molecule has 0 fully saturated rings. The van der Waals surface area contributed by atoms with Crippen LogP contribution in [0.3, 0.4) is 0 Å². The number of nitrogens with zero attached hydrogens (tertiary/aromatic N) is 3. The highest BCUT2D eigenvalue weighted by Crippen LogP contribution is 2.20. The van der Waals surface area contributed by atoms with Gasteiger partial charge in [-0.25, -0.2) is 4.98 Å². The van der Waals surface area contributed by atoms with Gasteiger partial charge >= 0.3 is 0 Å². The molecule has 16 heavy (non-hydrogen) atoms. The largest absolute Gasteiger partial charge is 0.300 e. The Labute approximate surface area is 97.3 Å². The fourth-order valence-electron chi connectivity index (χ4n) is 1.69. The minimum atomic E-state index is 0.716. The highest BCUT2D eigenvalue weighted by molar-refractivity contribution is 6.30. The molecule has 3 aromatic rings. The average Bonchev–Trinajstić information content (AvgIpc) is 2.73. The zero-order valence-corrected chi connectivity index (χ0v) is 9.09. The Morgan fingerprint density at radius 3 is 2.75 bits per heavy atom. The minimum absolute atomic E-state index is 0.716. The monoisotopic (exact) mass is 229 g/mol. The van der Waals surface area contributed by atoms with Gasteiger partial charge in [0.2, 0.25) is 0 Å². The first kappa shape index (κ1) is 9.36. The number of fused-ring (bicyclic) bond motifs is 1. The lowest BCUT2D eigenvalue weighted by Gasteiger charge is -2.00.